The fraction of sp³-hybridized carbons (Fsp3) is 0.667. The third kappa shape index (κ3) is 5.71. The molecule has 0 heterocycles. The highest BCUT2D eigenvalue weighted by Crippen LogP contribution is 2.35. The maximum atomic E-state index is 10.2. The van der Waals surface area contributed by atoms with Crippen LogP contribution in [-0.2, 0) is 18.9 Å². The van der Waals surface area contributed by atoms with Crippen molar-refractivity contribution in [2.24, 2.45) is 0 Å². The Morgan fingerprint density at radius 3 is 2.40 bits per heavy atom. The Kier molecular flexibility index (Phi) is 3.52. The van der Waals surface area contributed by atoms with Gasteiger partial charge in [-0.15, -0.1) is 0 Å². The molecule has 0 aliphatic carbocycles. The van der Waals surface area contributed by atoms with E-state index in [0.29, 0.717) is 0 Å². The van der Waals surface area contributed by atoms with Crippen molar-refractivity contribution in [3.63, 3.8) is 0 Å². The first-order valence-corrected chi connectivity index (χ1v) is 3.93. The Hall–Kier alpha value is -0.420. The highest BCUT2D eigenvalue weighted by Gasteiger charge is 2.17. The van der Waals surface area contributed by atoms with E-state index in [2.05, 4.69) is 9.56 Å². The molecule has 0 spiro atoms. The third-order valence-corrected chi connectivity index (χ3v) is 0.785. The lowest BCUT2D eigenvalue weighted by Gasteiger charge is -2.00. The van der Waals surface area contributed by atoms with Crippen LogP contribution in [-0.4, -0.2) is 15.8 Å². The molecule has 60 valence electrons. The van der Waals surface area contributed by atoms with Crippen molar-refractivity contribution >= 4 is 13.8 Å². The molecule has 6 nitrogen and oxygen atoms in total. The van der Waals surface area contributed by atoms with Crippen LogP contribution in [0.4, 0.5) is 0 Å². The van der Waals surface area contributed by atoms with Crippen molar-refractivity contribution in [3.8, 4) is 0 Å². The molecule has 2 N–H and O–H groups in total. The van der Waals surface area contributed by atoms with Crippen LogP contribution in [0.25, 0.3) is 0 Å². The summed E-state index contributed by atoms with van der Waals surface area (Å²) in [7, 11) is -4.68. The van der Waals surface area contributed by atoms with E-state index in [1.807, 2.05) is 0 Å². The van der Waals surface area contributed by atoms with E-state index in [9.17, 15) is 9.36 Å². The molecule has 0 saturated carbocycles. The summed E-state index contributed by atoms with van der Waals surface area (Å²) in [6, 6.07) is 0. The van der Waals surface area contributed by atoms with Gasteiger partial charge in [-0.3, -0.25) is 4.89 Å². The van der Waals surface area contributed by atoms with Gasteiger partial charge >= 0.3 is 13.8 Å². The molecule has 0 radical (unpaired) electrons. The van der Waals surface area contributed by atoms with E-state index in [4.69, 9.17) is 9.79 Å². The van der Waals surface area contributed by atoms with Crippen LogP contribution in [0.15, 0.2) is 0 Å². The second-order valence-corrected chi connectivity index (χ2v) is 2.50. The van der Waals surface area contributed by atoms with Crippen molar-refractivity contribution in [1.82, 2.24) is 0 Å². The molecule has 0 aromatic rings. The van der Waals surface area contributed by atoms with E-state index < -0.39 is 13.8 Å². The summed E-state index contributed by atoms with van der Waals surface area (Å²) in [5.74, 6) is -0.830. The molecule has 0 aromatic heterocycles. The Balaban J connectivity index is 3.56. The molecular weight excluding hydrogens is 163 g/mol. The smallest absolute Gasteiger partial charge is 0.301 e. The number of hydrogen-bond donors (Lipinski definition) is 2. The van der Waals surface area contributed by atoms with Gasteiger partial charge in [0, 0.05) is 6.42 Å². The third-order valence-electron chi connectivity index (χ3n) is 0.516. The van der Waals surface area contributed by atoms with Gasteiger partial charge in [-0.2, -0.15) is 0 Å². The van der Waals surface area contributed by atoms with Gasteiger partial charge in [-0.1, -0.05) is 11.6 Å². The molecular formula is C3H7O6P. The fourth-order valence-corrected chi connectivity index (χ4v) is 0.329. The van der Waals surface area contributed by atoms with Crippen molar-refractivity contribution < 1.29 is 28.7 Å². The Labute approximate surface area is 56.9 Å². The van der Waals surface area contributed by atoms with Crippen LogP contribution in [0.3, 0.4) is 0 Å². The number of carbonyl (C=O) groups is 1. The predicted octanol–water partition coefficient (Wildman–Crippen LogP) is -0.0361. The minimum Gasteiger partial charge on any atom is -0.301 e. The molecule has 0 bridgehead atoms. The van der Waals surface area contributed by atoms with E-state index in [0.717, 1.165) is 0 Å². The molecule has 0 saturated heterocycles. The lowest BCUT2D eigenvalue weighted by molar-refractivity contribution is -0.222. The van der Waals surface area contributed by atoms with Gasteiger partial charge in [0.25, 0.3) is 0 Å². The highest BCUT2D eigenvalue weighted by atomic mass is 31.2. The average molecular weight is 170 g/mol. The summed E-state index contributed by atoms with van der Waals surface area (Å²) in [4.78, 5) is 29.8. The van der Waals surface area contributed by atoms with Gasteiger partial charge in [0.1, 0.15) is 0 Å². The molecule has 0 fully saturated rings. The van der Waals surface area contributed by atoms with Crippen molar-refractivity contribution in [3.05, 3.63) is 0 Å². The zero-order chi connectivity index (χ0) is 8.20. The SMILES string of the molecule is CCC(=O)OOP(=O)(O)O. The number of rotatable bonds is 3. The highest BCUT2D eigenvalue weighted by molar-refractivity contribution is 7.46. The summed E-state index contributed by atoms with van der Waals surface area (Å²) in [5.41, 5.74) is 0. The fourth-order valence-electron chi connectivity index (χ4n) is 0.149. The normalized spacial score (nSPS) is 11.1. The first-order valence-electron chi connectivity index (χ1n) is 2.40. The molecule has 7 heteroatoms. The molecule has 0 amide bonds. The summed E-state index contributed by atoms with van der Waals surface area (Å²) < 4.78 is 13.2. The minimum absolute atomic E-state index is 0. The van der Waals surface area contributed by atoms with Crippen LogP contribution in [0, 0.1) is 0 Å². The van der Waals surface area contributed by atoms with Crippen LogP contribution in [0.2, 0.25) is 0 Å². The molecule has 0 aromatic carbocycles. The van der Waals surface area contributed by atoms with Gasteiger partial charge in [0.2, 0.25) is 0 Å². The molecule has 10 heavy (non-hydrogen) atoms. The van der Waals surface area contributed by atoms with E-state index in [-0.39, 0.29) is 6.42 Å². The lowest BCUT2D eigenvalue weighted by atomic mass is 10.5. The molecule has 0 rings (SSSR count). The van der Waals surface area contributed by atoms with Crippen molar-refractivity contribution in [2.45, 2.75) is 13.3 Å². The van der Waals surface area contributed by atoms with Crippen molar-refractivity contribution in [1.29, 1.82) is 0 Å². The lowest BCUT2D eigenvalue weighted by Crippen LogP contribution is -2.01. The first kappa shape index (κ1) is 9.58. The molecule has 0 unspecified atom stereocenters. The Morgan fingerprint density at radius 1 is 1.60 bits per heavy atom. The zero-order valence-corrected chi connectivity index (χ0v) is 6.08. The standard InChI is InChI=1S/C3H7O6P/c1-2-3(4)8-9-10(5,6)7/h2H2,1H3,(H2,5,6,7). The number of hydrogen-bond acceptors (Lipinski definition) is 4. The minimum atomic E-state index is -4.68. The second kappa shape index (κ2) is 3.68. The Bertz CT molecular complexity index is 158. The second-order valence-electron chi connectivity index (χ2n) is 1.37. The zero-order valence-electron chi connectivity index (χ0n) is 5.18. The van der Waals surface area contributed by atoms with Gasteiger partial charge in [-0.05, 0) is 0 Å². The van der Waals surface area contributed by atoms with Crippen LogP contribution < -0.4 is 0 Å². The van der Waals surface area contributed by atoms with Gasteiger partial charge in [-0.25, -0.2) is 9.36 Å². The van der Waals surface area contributed by atoms with Crippen molar-refractivity contribution in [2.75, 3.05) is 0 Å². The largest absolute Gasteiger partial charge is 0.505 e. The summed E-state index contributed by atoms with van der Waals surface area (Å²) in [6.07, 6.45) is 0. The maximum absolute atomic E-state index is 10.2. The number of phosphoric acid groups is 1. The van der Waals surface area contributed by atoms with E-state index in [1.54, 1.807) is 0 Å². The van der Waals surface area contributed by atoms with E-state index >= 15 is 0 Å². The van der Waals surface area contributed by atoms with Gasteiger partial charge in [0.15, 0.2) is 0 Å². The monoisotopic (exact) mass is 170 g/mol. The van der Waals surface area contributed by atoms with Crippen LogP contribution >= 0.6 is 7.82 Å². The van der Waals surface area contributed by atoms with E-state index in [1.165, 1.54) is 6.92 Å². The average Bonchev–Trinajstić information content (AvgIpc) is 1.81. The predicted molar refractivity (Wildman–Crippen MR) is 29.5 cm³/mol. The molecule has 0 atom stereocenters. The number of carbonyl (C=O) groups excluding carboxylic acids is 1. The summed E-state index contributed by atoms with van der Waals surface area (Å²) in [5, 5.41) is 0. The Morgan fingerprint density at radius 2 is 2.10 bits per heavy atom. The van der Waals surface area contributed by atoms with Gasteiger partial charge in [0.05, 0.1) is 0 Å². The van der Waals surface area contributed by atoms with Crippen LogP contribution in [0.5, 0.6) is 0 Å². The molecule has 0 aliphatic rings. The first-order chi connectivity index (χ1) is 4.45. The van der Waals surface area contributed by atoms with Gasteiger partial charge < -0.3 is 9.79 Å². The quantitative estimate of drug-likeness (QED) is 0.350. The summed E-state index contributed by atoms with van der Waals surface area (Å²) >= 11 is 0. The maximum Gasteiger partial charge on any atom is 0.505 e. The summed E-state index contributed by atoms with van der Waals surface area (Å²) in [6.45, 7) is 1.46. The molecule has 0 aliphatic heterocycles. The van der Waals surface area contributed by atoms with Crippen LogP contribution in [0.1, 0.15) is 13.3 Å². The topological polar surface area (TPSA) is 93.1 Å².